The number of carbonyl (C=O) groups excluding carboxylic acids is 3. The van der Waals surface area contributed by atoms with Crippen LogP contribution in [-0.2, 0) is 19.1 Å². The number of amides is 1. The summed E-state index contributed by atoms with van der Waals surface area (Å²) in [7, 11) is 0. The lowest BCUT2D eigenvalue weighted by atomic mass is 10.1. The molecule has 0 bridgehead atoms. The van der Waals surface area contributed by atoms with Gasteiger partial charge >= 0.3 is 11.9 Å². The molecule has 30 heavy (non-hydrogen) atoms. The Balaban J connectivity index is 2.07. The summed E-state index contributed by atoms with van der Waals surface area (Å²) in [6, 6.07) is 9.47. The first-order valence-electron chi connectivity index (χ1n) is 8.67. The Morgan fingerprint density at radius 3 is 2.30 bits per heavy atom. The van der Waals surface area contributed by atoms with E-state index in [1.807, 2.05) is 0 Å². The number of rotatable bonds is 4. The summed E-state index contributed by atoms with van der Waals surface area (Å²) in [5.74, 6) is -1.07. The zero-order valence-electron chi connectivity index (χ0n) is 16.1. The molecular weight excluding hydrogens is 480 g/mol. The third-order valence-corrected chi connectivity index (χ3v) is 4.61. The molecule has 0 aliphatic carbocycles. The highest BCUT2D eigenvalue weighted by Crippen LogP contribution is 2.38. The maximum Gasteiger partial charge on any atom is 0.308 e. The Labute approximate surface area is 185 Å². The van der Waals surface area contributed by atoms with E-state index in [2.05, 4.69) is 21.0 Å². The van der Waals surface area contributed by atoms with Crippen LogP contribution in [0.5, 0.6) is 11.5 Å². The quantitative estimate of drug-likeness (QED) is 0.466. The van der Waals surface area contributed by atoms with Crippen molar-refractivity contribution >= 4 is 51.3 Å². The van der Waals surface area contributed by atoms with Crippen LogP contribution in [-0.4, -0.2) is 28.8 Å². The summed E-state index contributed by atoms with van der Waals surface area (Å²) >= 11 is 9.47. The maximum absolute atomic E-state index is 12.3. The molecule has 10 heteroatoms. The Bertz CT molecular complexity index is 1070. The number of esters is 2. The average Bonchev–Trinajstić information content (AvgIpc) is 3.09. The SMILES string of the molecule is CC(=O)Oc1ccc(Br)cc1C1=NN(C(C)=O)[C@@H](c2cc(Cl)ccc2OC(C)=O)O1. The molecule has 156 valence electrons. The van der Waals surface area contributed by atoms with Crippen molar-refractivity contribution in [1.29, 1.82) is 0 Å². The second-order valence-electron chi connectivity index (χ2n) is 6.25. The van der Waals surface area contributed by atoms with Crippen LogP contribution in [0, 0.1) is 0 Å². The first-order chi connectivity index (χ1) is 14.2. The van der Waals surface area contributed by atoms with Gasteiger partial charge in [0.1, 0.15) is 11.5 Å². The van der Waals surface area contributed by atoms with Gasteiger partial charge in [0.05, 0.1) is 11.1 Å². The predicted octanol–water partition coefficient (Wildman–Crippen LogP) is 4.19. The third-order valence-electron chi connectivity index (χ3n) is 3.88. The van der Waals surface area contributed by atoms with Crippen molar-refractivity contribution in [1.82, 2.24) is 5.01 Å². The monoisotopic (exact) mass is 494 g/mol. The van der Waals surface area contributed by atoms with E-state index in [1.54, 1.807) is 24.3 Å². The number of carbonyl (C=O) groups is 3. The van der Waals surface area contributed by atoms with E-state index < -0.39 is 24.1 Å². The molecule has 1 aliphatic rings. The van der Waals surface area contributed by atoms with E-state index in [4.69, 9.17) is 25.8 Å². The molecule has 1 atom stereocenters. The Kier molecular flexibility index (Phi) is 6.42. The van der Waals surface area contributed by atoms with Crippen LogP contribution in [0.2, 0.25) is 5.02 Å². The van der Waals surface area contributed by atoms with Crippen LogP contribution in [0.15, 0.2) is 46.0 Å². The van der Waals surface area contributed by atoms with Gasteiger partial charge in [0.25, 0.3) is 0 Å². The summed E-state index contributed by atoms with van der Waals surface area (Å²) in [6.45, 7) is 3.84. The molecule has 0 aromatic heterocycles. The van der Waals surface area contributed by atoms with Gasteiger partial charge < -0.3 is 14.2 Å². The van der Waals surface area contributed by atoms with E-state index >= 15 is 0 Å². The van der Waals surface area contributed by atoms with Crippen LogP contribution in [0.25, 0.3) is 0 Å². The molecule has 0 saturated carbocycles. The van der Waals surface area contributed by atoms with Gasteiger partial charge in [-0.15, -0.1) is 5.10 Å². The lowest BCUT2D eigenvalue weighted by Gasteiger charge is -2.21. The maximum atomic E-state index is 12.3. The summed E-state index contributed by atoms with van der Waals surface area (Å²) in [4.78, 5) is 35.2. The van der Waals surface area contributed by atoms with Gasteiger partial charge in [0.15, 0.2) is 0 Å². The van der Waals surface area contributed by atoms with Crippen LogP contribution in [0.4, 0.5) is 0 Å². The minimum absolute atomic E-state index is 0.0431. The third kappa shape index (κ3) is 4.80. The van der Waals surface area contributed by atoms with Crippen LogP contribution in [0.3, 0.4) is 0 Å². The van der Waals surface area contributed by atoms with E-state index in [9.17, 15) is 14.4 Å². The number of hydrazone groups is 1. The molecule has 2 aromatic carbocycles. The molecule has 1 amide bonds. The van der Waals surface area contributed by atoms with Crippen molar-refractivity contribution in [3.8, 4) is 11.5 Å². The van der Waals surface area contributed by atoms with Crippen molar-refractivity contribution in [2.24, 2.45) is 5.10 Å². The molecule has 2 aromatic rings. The van der Waals surface area contributed by atoms with Gasteiger partial charge in [0.2, 0.25) is 18.0 Å². The number of hydrogen-bond acceptors (Lipinski definition) is 7. The predicted molar refractivity (Wildman–Crippen MR) is 111 cm³/mol. The fourth-order valence-electron chi connectivity index (χ4n) is 2.75. The second kappa shape index (κ2) is 8.85. The fraction of sp³-hybridized carbons (Fsp3) is 0.200. The molecule has 1 aliphatic heterocycles. The van der Waals surface area contributed by atoms with Crippen molar-refractivity contribution < 1.29 is 28.6 Å². The molecule has 3 rings (SSSR count). The number of hydrogen-bond donors (Lipinski definition) is 0. The zero-order chi connectivity index (χ0) is 22.0. The number of nitrogens with zero attached hydrogens (tertiary/aromatic N) is 2. The van der Waals surface area contributed by atoms with Crippen LogP contribution in [0.1, 0.15) is 38.1 Å². The molecule has 0 fully saturated rings. The van der Waals surface area contributed by atoms with Gasteiger partial charge in [-0.05, 0) is 36.4 Å². The molecular formula is C20H16BrClN2O6. The van der Waals surface area contributed by atoms with Crippen molar-refractivity contribution in [2.75, 3.05) is 0 Å². The fourth-order valence-corrected chi connectivity index (χ4v) is 3.29. The minimum Gasteiger partial charge on any atom is -0.445 e. The first-order valence-corrected chi connectivity index (χ1v) is 9.84. The highest BCUT2D eigenvalue weighted by atomic mass is 79.9. The molecule has 1 heterocycles. The van der Waals surface area contributed by atoms with Crippen molar-refractivity contribution in [3.05, 3.63) is 57.0 Å². The van der Waals surface area contributed by atoms with Gasteiger partial charge in [-0.2, -0.15) is 5.01 Å². The van der Waals surface area contributed by atoms with Crippen LogP contribution >= 0.6 is 27.5 Å². The molecule has 0 saturated heterocycles. The molecule has 0 radical (unpaired) electrons. The van der Waals surface area contributed by atoms with Gasteiger partial charge in [-0.1, -0.05) is 27.5 Å². The van der Waals surface area contributed by atoms with Gasteiger partial charge in [0, 0.05) is 30.3 Å². The summed E-state index contributed by atoms with van der Waals surface area (Å²) < 4.78 is 17.1. The van der Waals surface area contributed by atoms with E-state index in [1.165, 1.54) is 32.9 Å². The number of halogens is 2. The molecule has 0 spiro atoms. The lowest BCUT2D eigenvalue weighted by molar-refractivity contribution is -0.135. The van der Waals surface area contributed by atoms with E-state index in [-0.39, 0.29) is 17.4 Å². The van der Waals surface area contributed by atoms with E-state index in [0.717, 1.165) is 5.01 Å². The normalized spacial score (nSPS) is 15.3. The highest BCUT2D eigenvalue weighted by Gasteiger charge is 2.36. The topological polar surface area (TPSA) is 94.5 Å². The van der Waals surface area contributed by atoms with Crippen LogP contribution < -0.4 is 9.47 Å². The summed E-state index contributed by atoms with van der Waals surface area (Å²) in [5, 5.41) is 5.70. The number of ether oxygens (including phenoxy) is 3. The summed E-state index contributed by atoms with van der Waals surface area (Å²) in [5.41, 5.74) is 0.681. The zero-order valence-corrected chi connectivity index (χ0v) is 18.5. The van der Waals surface area contributed by atoms with Gasteiger partial charge in [-0.3, -0.25) is 14.4 Å². The highest BCUT2D eigenvalue weighted by molar-refractivity contribution is 9.10. The Hall–Kier alpha value is -2.91. The minimum atomic E-state index is -1.05. The standard InChI is InChI=1S/C20H16BrClN2O6/c1-10(25)24-20(16-9-14(22)5-7-18(16)29-12(3)27)30-19(23-24)15-8-13(21)4-6-17(15)28-11(2)26/h4-9,20H,1-3H3/t20-/m1/s1. The molecule has 8 nitrogen and oxygen atoms in total. The largest absolute Gasteiger partial charge is 0.445 e. The number of benzene rings is 2. The second-order valence-corrected chi connectivity index (χ2v) is 7.60. The summed E-state index contributed by atoms with van der Waals surface area (Å²) in [6.07, 6.45) is -1.05. The smallest absolute Gasteiger partial charge is 0.308 e. The molecule has 0 N–H and O–H groups in total. The van der Waals surface area contributed by atoms with Crippen molar-refractivity contribution in [2.45, 2.75) is 27.0 Å². The lowest BCUT2D eigenvalue weighted by Crippen LogP contribution is -2.26. The Morgan fingerprint density at radius 2 is 1.67 bits per heavy atom. The average molecular weight is 496 g/mol. The molecule has 0 unspecified atom stereocenters. The Morgan fingerprint density at radius 1 is 1.03 bits per heavy atom. The van der Waals surface area contributed by atoms with E-state index in [0.29, 0.717) is 20.6 Å². The van der Waals surface area contributed by atoms with Gasteiger partial charge in [-0.25, -0.2) is 0 Å². The van der Waals surface area contributed by atoms with Crippen molar-refractivity contribution in [3.63, 3.8) is 0 Å². The first kappa shape index (κ1) is 21.8.